The van der Waals surface area contributed by atoms with Gasteiger partial charge in [-0.1, -0.05) is 12.1 Å². The highest BCUT2D eigenvalue weighted by molar-refractivity contribution is 5.26. The molecule has 1 aromatic rings. The zero-order valence-electron chi connectivity index (χ0n) is 9.36. The summed E-state index contributed by atoms with van der Waals surface area (Å²) in [6.07, 6.45) is 0.962. The van der Waals surface area contributed by atoms with Gasteiger partial charge in [-0.2, -0.15) is 0 Å². The summed E-state index contributed by atoms with van der Waals surface area (Å²) in [6, 6.07) is 7.76. The maximum absolute atomic E-state index is 9.13. The molecule has 0 fully saturated rings. The predicted octanol–water partition coefficient (Wildman–Crippen LogP) is 1.56. The minimum Gasteiger partial charge on any atom is -0.508 e. The Morgan fingerprint density at radius 3 is 2.60 bits per heavy atom. The third-order valence-corrected chi connectivity index (χ3v) is 2.28. The van der Waals surface area contributed by atoms with E-state index in [1.165, 1.54) is 5.56 Å². The van der Waals surface area contributed by atoms with Gasteiger partial charge in [0.2, 0.25) is 0 Å². The number of methoxy groups -OCH3 is 1. The predicted molar refractivity (Wildman–Crippen MR) is 61.2 cm³/mol. The van der Waals surface area contributed by atoms with Crippen LogP contribution in [-0.4, -0.2) is 31.4 Å². The van der Waals surface area contributed by atoms with E-state index in [0.29, 0.717) is 11.8 Å². The Hall–Kier alpha value is -1.06. The van der Waals surface area contributed by atoms with Crippen LogP contribution >= 0.6 is 0 Å². The van der Waals surface area contributed by atoms with E-state index >= 15 is 0 Å². The molecule has 0 spiro atoms. The highest BCUT2D eigenvalue weighted by atomic mass is 16.5. The summed E-state index contributed by atoms with van der Waals surface area (Å²) in [5, 5.41) is 12.5. The lowest BCUT2D eigenvalue weighted by Crippen LogP contribution is -2.30. The van der Waals surface area contributed by atoms with E-state index in [-0.39, 0.29) is 0 Å². The topological polar surface area (TPSA) is 41.5 Å². The largest absolute Gasteiger partial charge is 0.508 e. The highest BCUT2D eigenvalue weighted by Crippen LogP contribution is 2.10. The van der Waals surface area contributed by atoms with Crippen LogP contribution in [0.2, 0.25) is 0 Å². The fourth-order valence-electron chi connectivity index (χ4n) is 1.47. The van der Waals surface area contributed by atoms with Crippen molar-refractivity contribution in [3.05, 3.63) is 29.8 Å². The molecule has 0 bridgehead atoms. The van der Waals surface area contributed by atoms with Gasteiger partial charge in [0.1, 0.15) is 5.75 Å². The summed E-state index contributed by atoms with van der Waals surface area (Å²) in [4.78, 5) is 0. The Morgan fingerprint density at radius 2 is 2.00 bits per heavy atom. The molecule has 0 aliphatic heterocycles. The average Bonchev–Trinajstić information content (AvgIpc) is 2.22. The first-order valence-corrected chi connectivity index (χ1v) is 5.22. The number of benzene rings is 1. The lowest BCUT2D eigenvalue weighted by atomic mass is 10.1. The van der Waals surface area contributed by atoms with Crippen molar-refractivity contribution in [3.63, 3.8) is 0 Å². The molecule has 0 saturated heterocycles. The molecule has 0 saturated carbocycles. The van der Waals surface area contributed by atoms with Crippen molar-refractivity contribution in [2.75, 3.05) is 20.3 Å². The number of hydrogen-bond donors (Lipinski definition) is 2. The van der Waals surface area contributed by atoms with E-state index in [4.69, 9.17) is 9.84 Å². The molecular weight excluding hydrogens is 190 g/mol. The van der Waals surface area contributed by atoms with E-state index in [2.05, 4.69) is 12.2 Å². The van der Waals surface area contributed by atoms with E-state index in [0.717, 1.165) is 19.6 Å². The number of rotatable bonds is 6. The van der Waals surface area contributed by atoms with Crippen molar-refractivity contribution in [1.82, 2.24) is 5.32 Å². The van der Waals surface area contributed by atoms with Crippen LogP contribution in [0.1, 0.15) is 12.5 Å². The van der Waals surface area contributed by atoms with Crippen LogP contribution in [0.3, 0.4) is 0 Å². The van der Waals surface area contributed by atoms with Crippen LogP contribution in [-0.2, 0) is 11.2 Å². The third kappa shape index (κ3) is 4.81. The molecule has 0 amide bonds. The van der Waals surface area contributed by atoms with Gasteiger partial charge in [-0.25, -0.2) is 0 Å². The number of phenols is 1. The Bertz CT molecular complexity index is 271. The molecule has 2 N–H and O–H groups in total. The van der Waals surface area contributed by atoms with Crippen LogP contribution < -0.4 is 5.32 Å². The monoisotopic (exact) mass is 209 g/mol. The van der Waals surface area contributed by atoms with Crippen molar-refractivity contribution in [2.24, 2.45) is 0 Å². The van der Waals surface area contributed by atoms with E-state index in [1.54, 1.807) is 19.2 Å². The summed E-state index contributed by atoms with van der Waals surface area (Å²) >= 11 is 0. The van der Waals surface area contributed by atoms with Gasteiger partial charge in [-0.3, -0.25) is 0 Å². The summed E-state index contributed by atoms with van der Waals surface area (Å²) in [6.45, 7) is 3.75. The summed E-state index contributed by atoms with van der Waals surface area (Å²) < 4.78 is 4.96. The molecule has 1 rings (SSSR count). The van der Waals surface area contributed by atoms with Crippen molar-refractivity contribution in [3.8, 4) is 5.75 Å². The minimum absolute atomic E-state index is 0.318. The van der Waals surface area contributed by atoms with Gasteiger partial charge in [0.15, 0.2) is 0 Å². The summed E-state index contributed by atoms with van der Waals surface area (Å²) in [5.74, 6) is 0.318. The lowest BCUT2D eigenvalue weighted by Gasteiger charge is -2.13. The third-order valence-electron chi connectivity index (χ3n) is 2.28. The first-order chi connectivity index (χ1) is 7.22. The van der Waals surface area contributed by atoms with Crippen molar-refractivity contribution >= 4 is 0 Å². The van der Waals surface area contributed by atoms with Gasteiger partial charge in [0.25, 0.3) is 0 Å². The van der Waals surface area contributed by atoms with Gasteiger partial charge in [0.05, 0.1) is 6.61 Å². The first-order valence-electron chi connectivity index (χ1n) is 5.22. The Labute approximate surface area is 91.1 Å². The van der Waals surface area contributed by atoms with Gasteiger partial charge < -0.3 is 15.2 Å². The van der Waals surface area contributed by atoms with Crippen LogP contribution in [0.4, 0.5) is 0 Å². The maximum Gasteiger partial charge on any atom is 0.115 e. The second kappa shape index (κ2) is 6.43. The van der Waals surface area contributed by atoms with Gasteiger partial charge in [-0.05, 0) is 31.0 Å². The lowest BCUT2D eigenvalue weighted by molar-refractivity contribution is 0.196. The van der Waals surface area contributed by atoms with Crippen molar-refractivity contribution in [2.45, 2.75) is 19.4 Å². The fourth-order valence-corrected chi connectivity index (χ4v) is 1.47. The van der Waals surface area contributed by atoms with Crippen LogP contribution in [0, 0.1) is 0 Å². The van der Waals surface area contributed by atoms with Crippen LogP contribution in [0.25, 0.3) is 0 Å². The second-order valence-electron chi connectivity index (χ2n) is 3.72. The standard InChI is InChI=1S/C12H19NO2/c1-10(13-7-8-15-2)9-11-3-5-12(14)6-4-11/h3-6,10,13-14H,7-9H2,1-2H3. The number of hydrogen-bond acceptors (Lipinski definition) is 3. The zero-order valence-corrected chi connectivity index (χ0v) is 9.36. The Kier molecular flexibility index (Phi) is 5.15. The molecule has 3 nitrogen and oxygen atoms in total. The Balaban J connectivity index is 2.31. The van der Waals surface area contributed by atoms with E-state index in [1.807, 2.05) is 12.1 Å². The van der Waals surface area contributed by atoms with E-state index in [9.17, 15) is 0 Å². The molecule has 1 aromatic carbocycles. The maximum atomic E-state index is 9.13. The molecule has 3 heteroatoms. The molecule has 0 radical (unpaired) electrons. The van der Waals surface area contributed by atoms with E-state index < -0.39 is 0 Å². The molecule has 1 atom stereocenters. The van der Waals surface area contributed by atoms with Crippen molar-refractivity contribution in [1.29, 1.82) is 0 Å². The van der Waals surface area contributed by atoms with Crippen molar-refractivity contribution < 1.29 is 9.84 Å². The highest BCUT2D eigenvalue weighted by Gasteiger charge is 2.02. The second-order valence-corrected chi connectivity index (χ2v) is 3.72. The summed E-state index contributed by atoms with van der Waals surface area (Å²) in [5.41, 5.74) is 1.23. The molecule has 0 aliphatic carbocycles. The minimum atomic E-state index is 0.318. The fraction of sp³-hybridized carbons (Fsp3) is 0.500. The van der Waals surface area contributed by atoms with Gasteiger partial charge in [-0.15, -0.1) is 0 Å². The number of nitrogens with one attached hydrogen (secondary N) is 1. The first kappa shape index (κ1) is 12.0. The molecular formula is C12H19NO2. The molecule has 0 aromatic heterocycles. The van der Waals surface area contributed by atoms with Gasteiger partial charge in [0, 0.05) is 19.7 Å². The number of aromatic hydroxyl groups is 1. The summed E-state index contributed by atoms with van der Waals surface area (Å²) in [7, 11) is 1.70. The molecule has 0 aliphatic rings. The average molecular weight is 209 g/mol. The zero-order chi connectivity index (χ0) is 11.1. The molecule has 1 unspecified atom stereocenters. The Morgan fingerprint density at radius 1 is 1.33 bits per heavy atom. The molecule has 0 heterocycles. The van der Waals surface area contributed by atoms with Crippen LogP contribution in [0.5, 0.6) is 5.75 Å². The molecule has 15 heavy (non-hydrogen) atoms. The quantitative estimate of drug-likeness (QED) is 0.699. The number of ether oxygens (including phenoxy) is 1. The van der Waals surface area contributed by atoms with Crippen LogP contribution in [0.15, 0.2) is 24.3 Å². The normalized spacial score (nSPS) is 12.7. The number of phenolic OH excluding ortho intramolecular Hbond substituents is 1. The molecule has 84 valence electrons. The van der Waals surface area contributed by atoms with Gasteiger partial charge >= 0.3 is 0 Å². The SMILES string of the molecule is COCCNC(C)Cc1ccc(O)cc1. The smallest absolute Gasteiger partial charge is 0.115 e.